The molecule has 0 heterocycles. The first-order valence-corrected chi connectivity index (χ1v) is 8.39. The van der Waals surface area contributed by atoms with Crippen molar-refractivity contribution in [2.45, 2.75) is 25.7 Å². The lowest BCUT2D eigenvalue weighted by molar-refractivity contribution is -0.136. The van der Waals surface area contributed by atoms with Gasteiger partial charge in [0, 0.05) is 19.8 Å². The summed E-state index contributed by atoms with van der Waals surface area (Å²) in [5.74, 6) is -0.181. The van der Waals surface area contributed by atoms with E-state index >= 15 is 0 Å². The van der Waals surface area contributed by atoms with Crippen molar-refractivity contribution >= 4 is 33.0 Å². The van der Waals surface area contributed by atoms with E-state index in [0.29, 0.717) is 12.8 Å². The molecule has 5 nitrogen and oxygen atoms in total. The van der Waals surface area contributed by atoms with Gasteiger partial charge in [-0.3, -0.25) is 4.79 Å². The Morgan fingerprint density at radius 3 is 2.28 bits per heavy atom. The van der Waals surface area contributed by atoms with E-state index < -0.39 is 15.3 Å². The first-order valence-electron chi connectivity index (χ1n) is 5.92. The highest BCUT2D eigenvalue weighted by molar-refractivity contribution is 7.90. The maximum absolute atomic E-state index is 12.4. The molecule has 1 aliphatic carbocycles. The molecule has 0 spiro atoms. The second-order valence-corrected chi connectivity index (χ2v) is 7.71. The van der Waals surface area contributed by atoms with Crippen molar-refractivity contribution in [2.75, 3.05) is 25.6 Å². The van der Waals surface area contributed by atoms with Crippen LogP contribution in [0.1, 0.15) is 25.7 Å². The van der Waals surface area contributed by atoms with Gasteiger partial charge in [0.05, 0.1) is 16.2 Å². The van der Waals surface area contributed by atoms with E-state index in [2.05, 4.69) is 0 Å². The maximum atomic E-state index is 12.4. The Balaban J connectivity index is 2.75. The standard InChI is InChI=1S/C11H20N2O3S2/c1-13(7-8-18(2,15)16)10(14)11(9(12)17)5-3-4-6-11/h3-8H2,1-2H3,(H2,12,17). The average molecular weight is 292 g/mol. The molecule has 1 aliphatic rings. The predicted octanol–water partition coefficient (Wildman–Crippen LogP) is 0.336. The zero-order valence-electron chi connectivity index (χ0n) is 10.8. The second-order valence-electron chi connectivity index (χ2n) is 5.01. The molecule has 0 bridgehead atoms. The van der Waals surface area contributed by atoms with Crippen LogP contribution in [-0.4, -0.2) is 49.8 Å². The molecule has 7 heteroatoms. The third-order valence-corrected chi connectivity index (χ3v) is 4.80. The van der Waals surface area contributed by atoms with Crippen LogP contribution in [0.3, 0.4) is 0 Å². The highest BCUT2D eigenvalue weighted by Crippen LogP contribution is 2.39. The van der Waals surface area contributed by atoms with E-state index in [1.807, 2.05) is 0 Å². The topological polar surface area (TPSA) is 80.5 Å². The van der Waals surface area contributed by atoms with Crippen molar-refractivity contribution in [1.29, 1.82) is 0 Å². The number of carbonyl (C=O) groups is 1. The van der Waals surface area contributed by atoms with Crippen molar-refractivity contribution in [1.82, 2.24) is 4.90 Å². The molecule has 1 saturated carbocycles. The molecular formula is C11H20N2O3S2. The van der Waals surface area contributed by atoms with Gasteiger partial charge in [-0.15, -0.1) is 0 Å². The zero-order chi connectivity index (χ0) is 14.0. The Hall–Kier alpha value is -0.690. The number of sulfone groups is 1. The molecule has 18 heavy (non-hydrogen) atoms. The van der Waals surface area contributed by atoms with Gasteiger partial charge in [0.15, 0.2) is 0 Å². The number of hydrogen-bond donors (Lipinski definition) is 1. The van der Waals surface area contributed by atoms with Crippen LogP contribution >= 0.6 is 12.2 Å². The highest BCUT2D eigenvalue weighted by Gasteiger charge is 2.45. The number of nitrogens with zero attached hydrogens (tertiary/aromatic N) is 1. The third kappa shape index (κ3) is 3.41. The molecule has 0 atom stereocenters. The summed E-state index contributed by atoms with van der Waals surface area (Å²) >= 11 is 5.03. The molecule has 1 amide bonds. The summed E-state index contributed by atoms with van der Waals surface area (Å²) in [6.07, 6.45) is 4.37. The lowest BCUT2D eigenvalue weighted by atomic mass is 9.84. The molecule has 1 rings (SSSR count). The summed E-state index contributed by atoms with van der Waals surface area (Å²) in [5, 5.41) is 0. The molecule has 0 aromatic heterocycles. The number of rotatable bonds is 5. The van der Waals surface area contributed by atoms with E-state index in [0.717, 1.165) is 19.1 Å². The zero-order valence-corrected chi connectivity index (χ0v) is 12.4. The van der Waals surface area contributed by atoms with Gasteiger partial charge in [0.1, 0.15) is 9.84 Å². The van der Waals surface area contributed by atoms with E-state index in [4.69, 9.17) is 18.0 Å². The van der Waals surface area contributed by atoms with Crippen molar-refractivity contribution in [2.24, 2.45) is 11.1 Å². The normalized spacial score (nSPS) is 18.6. The smallest absolute Gasteiger partial charge is 0.235 e. The monoisotopic (exact) mass is 292 g/mol. The van der Waals surface area contributed by atoms with Gasteiger partial charge in [-0.25, -0.2) is 8.42 Å². The summed E-state index contributed by atoms with van der Waals surface area (Å²) in [4.78, 5) is 14.1. The van der Waals surface area contributed by atoms with Crippen LogP contribution in [0.2, 0.25) is 0 Å². The van der Waals surface area contributed by atoms with E-state index in [1.54, 1.807) is 7.05 Å². The molecular weight excluding hydrogens is 272 g/mol. The fourth-order valence-electron chi connectivity index (χ4n) is 2.31. The Morgan fingerprint density at radius 2 is 1.89 bits per heavy atom. The van der Waals surface area contributed by atoms with Gasteiger partial charge < -0.3 is 10.6 Å². The number of thiocarbonyl (C=S) groups is 1. The highest BCUT2D eigenvalue weighted by atomic mass is 32.2. The minimum absolute atomic E-state index is 0.0390. The molecule has 0 aliphatic heterocycles. The summed E-state index contributed by atoms with van der Waals surface area (Å²) in [7, 11) is -1.47. The fourth-order valence-corrected chi connectivity index (χ4v) is 3.21. The fraction of sp³-hybridized carbons (Fsp3) is 0.818. The van der Waals surface area contributed by atoms with E-state index in [-0.39, 0.29) is 23.2 Å². The predicted molar refractivity (Wildman–Crippen MR) is 75.0 cm³/mol. The number of amides is 1. The lowest BCUT2D eigenvalue weighted by Crippen LogP contribution is -2.48. The first-order chi connectivity index (χ1) is 8.19. The Labute approximate surface area is 114 Å². The minimum atomic E-state index is -3.07. The van der Waals surface area contributed by atoms with Crippen LogP contribution in [0.4, 0.5) is 0 Å². The summed E-state index contributed by atoms with van der Waals surface area (Å²) in [6.45, 7) is 0.183. The molecule has 1 fully saturated rings. The second kappa shape index (κ2) is 5.52. The van der Waals surface area contributed by atoms with Gasteiger partial charge in [-0.2, -0.15) is 0 Å². The van der Waals surface area contributed by atoms with Crippen LogP contribution in [-0.2, 0) is 14.6 Å². The number of carbonyl (C=O) groups excluding carboxylic acids is 1. The van der Waals surface area contributed by atoms with Crippen molar-refractivity contribution < 1.29 is 13.2 Å². The van der Waals surface area contributed by atoms with Gasteiger partial charge in [0.25, 0.3) is 0 Å². The Kier molecular flexibility index (Phi) is 4.72. The summed E-state index contributed by atoms with van der Waals surface area (Å²) < 4.78 is 22.2. The van der Waals surface area contributed by atoms with Crippen LogP contribution in [0, 0.1) is 5.41 Å². The summed E-state index contributed by atoms with van der Waals surface area (Å²) in [5.41, 5.74) is 4.97. The molecule has 0 aromatic carbocycles. The average Bonchev–Trinajstić information content (AvgIpc) is 2.74. The maximum Gasteiger partial charge on any atom is 0.235 e. The minimum Gasteiger partial charge on any atom is -0.392 e. The molecule has 104 valence electrons. The van der Waals surface area contributed by atoms with Crippen LogP contribution in [0.15, 0.2) is 0 Å². The molecule has 2 N–H and O–H groups in total. The molecule has 0 radical (unpaired) electrons. The summed E-state index contributed by atoms with van der Waals surface area (Å²) in [6, 6.07) is 0. The van der Waals surface area contributed by atoms with Crippen molar-refractivity contribution in [3.8, 4) is 0 Å². The van der Waals surface area contributed by atoms with Gasteiger partial charge in [0.2, 0.25) is 5.91 Å². The third-order valence-electron chi connectivity index (χ3n) is 3.48. The van der Waals surface area contributed by atoms with Crippen LogP contribution < -0.4 is 5.73 Å². The van der Waals surface area contributed by atoms with Gasteiger partial charge >= 0.3 is 0 Å². The van der Waals surface area contributed by atoms with Crippen molar-refractivity contribution in [3.63, 3.8) is 0 Å². The number of hydrogen-bond acceptors (Lipinski definition) is 4. The Bertz CT molecular complexity index is 439. The van der Waals surface area contributed by atoms with Crippen LogP contribution in [0.25, 0.3) is 0 Å². The largest absolute Gasteiger partial charge is 0.392 e. The SMILES string of the molecule is CN(CCS(C)(=O)=O)C(=O)C1(C(N)=S)CCCC1. The number of nitrogens with two attached hydrogens (primary N) is 1. The quantitative estimate of drug-likeness (QED) is 0.739. The van der Waals surface area contributed by atoms with Crippen LogP contribution in [0.5, 0.6) is 0 Å². The van der Waals surface area contributed by atoms with Crippen molar-refractivity contribution in [3.05, 3.63) is 0 Å². The Morgan fingerprint density at radius 1 is 1.39 bits per heavy atom. The first kappa shape index (κ1) is 15.4. The molecule has 0 saturated heterocycles. The lowest BCUT2D eigenvalue weighted by Gasteiger charge is -2.31. The van der Waals surface area contributed by atoms with Gasteiger partial charge in [-0.05, 0) is 12.8 Å². The van der Waals surface area contributed by atoms with E-state index in [1.165, 1.54) is 4.90 Å². The van der Waals surface area contributed by atoms with Gasteiger partial charge in [-0.1, -0.05) is 25.1 Å². The molecule has 0 unspecified atom stereocenters. The molecule has 0 aromatic rings. The van der Waals surface area contributed by atoms with E-state index in [9.17, 15) is 13.2 Å².